The summed E-state index contributed by atoms with van der Waals surface area (Å²) in [6, 6.07) is 11.2. The van der Waals surface area contributed by atoms with E-state index in [1.807, 2.05) is 0 Å². The number of hydrogen-bond donors (Lipinski definition) is 1. The molecule has 150 valence electrons. The average Bonchev–Trinajstić information content (AvgIpc) is 3.21. The maximum absolute atomic E-state index is 12.4. The van der Waals surface area contributed by atoms with E-state index < -0.39 is 4.92 Å². The molecule has 0 spiro atoms. The van der Waals surface area contributed by atoms with Crippen LogP contribution in [-0.2, 0) is 4.79 Å². The van der Waals surface area contributed by atoms with Gasteiger partial charge in [-0.2, -0.15) is 0 Å². The summed E-state index contributed by atoms with van der Waals surface area (Å²) in [6.45, 7) is 0. The third-order valence-electron chi connectivity index (χ3n) is 3.96. The first-order valence-corrected chi connectivity index (χ1v) is 9.43. The molecule has 9 nitrogen and oxygen atoms in total. The van der Waals surface area contributed by atoms with Gasteiger partial charge in [-0.3, -0.25) is 19.5 Å². The van der Waals surface area contributed by atoms with E-state index in [1.165, 1.54) is 31.0 Å². The normalized spacial score (nSPS) is 10.4. The summed E-state index contributed by atoms with van der Waals surface area (Å²) in [5, 5.41) is 14.2. The minimum absolute atomic E-state index is 0.0101. The van der Waals surface area contributed by atoms with Crippen molar-refractivity contribution in [1.29, 1.82) is 0 Å². The van der Waals surface area contributed by atoms with Crippen molar-refractivity contribution in [2.24, 2.45) is 0 Å². The Hall–Kier alpha value is -3.53. The van der Waals surface area contributed by atoms with Gasteiger partial charge in [-0.25, -0.2) is 4.98 Å². The Morgan fingerprint density at radius 2 is 1.97 bits per heavy atom. The number of nitrogens with zero attached hydrogens (tertiary/aromatic N) is 3. The SMILES string of the molecule is COc1ccc(NC(=O)CSc2nccn2-c2ccc([N+](=O)[O-])cc2)c(OC)c1. The second kappa shape index (κ2) is 9.11. The number of amides is 1. The van der Waals surface area contributed by atoms with Gasteiger partial charge in [0.2, 0.25) is 5.91 Å². The monoisotopic (exact) mass is 414 g/mol. The number of imidazole rings is 1. The van der Waals surface area contributed by atoms with Gasteiger partial charge < -0.3 is 14.8 Å². The Morgan fingerprint density at radius 1 is 1.21 bits per heavy atom. The highest BCUT2D eigenvalue weighted by Gasteiger charge is 2.13. The maximum Gasteiger partial charge on any atom is 0.269 e. The number of non-ortho nitro benzene ring substituents is 1. The Labute approximate surface area is 170 Å². The van der Waals surface area contributed by atoms with Crippen LogP contribution in [-0.4, -0.2) is 40.4 Å². The van der Waals surface area contributed by atoms with Crippen LogP contribution in [0.15, 0.2) is 60.0 Å². The summed E-state index contributed by atoms with van der Waals surface area (Å²) >= 11 is 1.25. The fraction of sp³-hybridized carbons (Fsp3) is 0.158. The van der Waals surface area contributed by atoms with Gasteiger partial charge in [-0.05, 0) is 24.3 Å². The minimum Gasteiger partial charge on any atom is -0.497 e. The molecule has 10 heteroatoms. The number of methoxy groups -OCH3 is 2. The van der Waals surface area contributed by atoms with Gasteiger partial charge in [-0.15, -0.1) is 0 Å². The number of carbonyl (C=O) groups is 1. The number of aromatic nitrogens is 2. The van der Waals surface area contributed by atoms with E-state index in [4.69, 9.17) is 9.47 Å². The molecule has 0 saturated heterocycles. The first-order chi connectivity index (χ1) is 14.0. The van der Waals surface area contributed by atoms with Crippen LogP contribution in [0.3, 0.4) is 0 Å². The molecule has 1 aromatic heterocycles. The van der Waals surface area contributed by atoms with E-state index in [0.717, 1.165) is 0 Å². The Morgan fingerprint density at radius 3 is 2.62 bits per heavy atom. The minimum atomic E-state index is -0.453. The number of nitro benzene ring substituents is 1. The molecule has 0 unspecified atom stereocenters. The quantitative estimate of drug-likeness (QED) is 0.341. The molecule has 0 saturated carbocycles. The molecule has 3 rings (SSSR count). The van der Waals surface area contributed by atoms with Crippen molar-refractivity contribution in [1.82, 2.24) is 9.55 Å². The van der Waals surface area contributed by atoms with Crippen molar-refractivity contribution < 1.29 is 19.2 Å². The van der Waals surface area contributed by atoms with Crippen LogP contribution >= 0.6 is 11.8 Å². The van der Waals surface area contributed by atoms with Crippen molar-refractivity contribution in [2.45, 2.75) is 5.16 Å². The topological polar surface area (TPSA) is 109 Å². The first-order valence-electron chi connectivity index (χ1n) is 8.44. The number of thioether (sulfide) groups is 1. The molecule has 0 aliphatic carbocycles. The fourth-order valence-corrected chi connectivity index (χ4v) is 3.32. The van der Waals surface area contributed by atoms with Crippen molar-refractivity contribution >= 4 is 29.0 Å². The van der Waals surface area contributed by atoms with Crippen LogP contribution in [0.1, 0.15) is 0 Å². The van der Waals surface area contributed by atoms with Crippen molar-refractivity contribution in [3.63, 3.8) is 0 Å². The van der Waals surface area contributed by atoms with Crippen molar-refractivity contribution in [3.8, 4) is 17.2 Å². The van der Waals surface area contributed by atoms with Gasteiger partial charge in [0, 0.05) is 36.3 Å². The highest BCUT2D eigenvalue weighted by Crippen LogP contribution is 2.29. The smallest absolute Gasteiger partial charge is 0.269 e. The van der Waals surface area contributed by atoms with Gasteiger partial charge in [0.25, 0.3) is 5.69 Å². The van der Waals surface area contributed by atoms with Crippen LogP contribution in [0.25, 0.3) is 5.69 Å². The lowest BCUT2D eigenvalue weighted by Crippen LogP contribution is -2.15. The Kier molecular flexibility index (Phi) is 6.35. The molecule has 0 radical (unpaired) electrons. The molecule has 0 bridgehead atoms. The van der Waals surface area contributed by atoms with Gasteiger partial charge in [-0.1, -0.05) is 11.8 Å². The largest absolute Gasteiger partial charge is 0.497 e. The third kappa shape index (κ3) is 4.85. The third-order valence-corrected chi connectivity index (χ3v) is 4.93. The molecule has 3 aromatic rings. The highest BCUT2D eigenvalue weighted by molar-refractivity contribution is 7.99. The van der Waals surface area contributed by atoms with Gasteiger partial charge in [0.15, 0.2) is 5.16 Å². The molecule has 1 N–H and O–H groups in total. The molecular formula is C19H18N4O5S. The summed E-state index contributed by atoms with van der Waals surface area (Å²) in [6.07, 6.45) is 3.34. The molecule has 0 atom stereocenters. The van der Waals surface area contributed by atoms with Gasteiger partial charge in [0.05, 0.1) is 30.6 Å². The molecule has 2 aromatic carbocycles. The van der Waals surface area contributed by atoms with Crippen LogP contribution in [0.5, 0.6) is 11.5 Å². The van der Waals surface area contributed by atoms with Crippen LogP contribution in [0.4, 0.5) is 11.4 Å². The lowest BCUT2D eigenvalue weighted by molar-refractivity contribution is -0.384. The van der Waals surface area contributed by atoms with E-state index >= 15 is 0 Å². The highest BCUT2D eigenvalue weighted by atomic mass is 32.2. The number of carbonyl (C=O) groups excluding carboxylic acids is 1. The van der Waals surface area contributed by atoms with Crippen molar-refractivity contribution in [3.05, 3.63) is 65.0 Å². The van der Waals surface area contributed by atoms with Crippen LogP contribution in [0, 0.1) is 10.1 Å². The van der Waals surface area contributed by atoms with Crippen molar-refractivity contribution in [2.75, 3.05) is 25.3 Å². The summed E-state index contributed by atoms with van der Waals surface area (Å²) in [5.41, 5.74) is 1.27. The molecule has 1 heterocycles. The number of benzene rings is 2. The van der Waals surface area contributed by atoms with Crippen LogP contribution < -0.4 is 14.8 Å². The number of anilines is 1. The van der Waals surface area contributed by atoms with E-state index in [1.54, 1.807) is 54.4 Å². The fourth-order valence-electron chi connectivity index (χ4n) is 2.55. The Balaban J connectivity index is 1.66. The lowest BCUT2D eigenvalue weighted by atomic mass is 10.2. The van der Waals surface area contributed by atoms with E-state index in [-0.39, 0.29) is 17.3 Å². The van der Waals surface area contributed by atoms with E-state index in [2.05, 4.69) is 10.3 Å². The lowest BCUT2D eigenvalue weighted by Gasteiger charge is -2.12. The van der Waals surface area contributed by atoms with E-state index in [9.17, 15) is 14.9 Å². The molecule has 0 aliphatic heterocycles. The molecule has 1 amide bonds. The van der Waals surface area contributed by atoms with E-state index in [0.29, 0.717) is 28.0 Å². The predicted molar refractivity (Wildman–Crippen MR) is 109 cm³/mol. The first kappa shape index (κ1) is 20.2. The van der Waals surface area contributed by atoms with Crippen LogP contribution in [0.2, 0.25) is 0 Å². The van der Waals surface area contributed by atoms with Gasteiger partial charge >= 0.3 is 0 Å². The zero-order valence-electron chi connectivity index (χ0n) is 15.7. The van der Waals surface area contributed by atoms with Gasteiger partial charge in [0.1, 0.15) is 11.5 Å². The summed E-state index contributed by atoms with van der Waals surface area (Å²) in [5.74, 6) is 1.02. The Bertz CT molecular complexity index is 1020. The molecule has 0 aliphatic rings. The summed E-state index contributed by atoms with van der Waals surface area (Å²) in [7, 11) is 3.07. The standard InChI is InChI=1S/C19H18N4O5S/c1-27-15-7-8-16(17(11-15)28-2)21-18(24)12-29-19-20-9-10-22(19)13-3-5-14(6-4-13)23(25)26/h3-11H,12H2,1-2H3,(H,21,24). The summed E-state index contributed by atoms with van der Waals surface area (Å²) < 4.78 is 12.2. The number of ether oxygens (including phenoxy) is 2. The maximum atomic E-state index is 12.4. The molecule has 29 heavy (non-hydrogen) atoms. The number of nitrogens with one attached hydrogen (secondary N) is 1. The number of nitro groups is 1. The number of hydrogen-bond acceptors (Lipinski definition) is 7. The second-order valence-corrected chi connectivity index (χ2v) is 6.70. The predicted octanol–water partition coefficient (Wildman–Crippen LogP) is 3.53. The molecule has 0 fully saturated rings. The zero-order chi connectivity index (χ0) is 20.8. The zero-order valence-corrected chi connectivity index (χ0v) is 16.5. The summed E-state index contributed by atoms with van der Waals surface area (Å²) in [4.78, 5) is 27.0. The number of rotatable bonds is 8. The average molecular weight is 414 g/mol. The second-order valence-electron chi connectivity index (χ2n) is 5.76. The molecular weight excluding hydrogens is 396 g/mol.